The molecule has 1 saturated heterocycles. The van der Waals surface area contributed by atoms with Gasteiger partial charge in [-0.05, 0) is 42.9 Å². The maximum atomic E-state index is 13.0. The lowest BCUT2D eigenvalue weighted by atomic mass is 10.00. The van der Waals surface area contributed by atoms with E-state index in [1.807, 2.05) is 42.5 Å². The Morgan fingerprint density at radius 2 is 1.70 bits per heavy atom. The van der Waals surface area contributed by atoms with E-state index in [1.165, 1.54) is 0 Å². The number of nitrogens with zero attached hydrogens (tertiary/aromatic N) is 2. The van der Waals surface area contributed by atoms with Crippen molar-refractivity contribution >= 4 is 63.3 Å². The lowest BCUT2D eigenvalue weighted by molar-refractivity contribution is -0.117. The normalized spacial score (nSPS) is 17.2. The first kappa shape index (κ1) is 25.3. The summed E-state index contributed by atoms with van der Waals surface area (Å²) in [5, 5.41) is 10.2. The van der Waals surface area contributed by atoms with Crippen LogP contribution in [0.5, 0.6) is 0 Å². The molecule has 0 spiro atoms. The molecule has 0 atom stereocenters. The van der Waals surface area contributed by atoms with Gasteiger partial charge in [-0.3, -0.25) is 14.5 Å². The molecular formula is C28H27Cl2N5O2. The molecule has 3 aromatic carbocycles. The Morgan fingerprint density at radius 1 is 0.946 bits per heavy atom. The Kier molecular flexibility index (Phi) is 7.48. The number of amides is 2. The van der Waals surface area contributed by atoms with Crippen LogP contribution in [0, 0.1) is 0 Å². The van der Waals surface area contributed by atoms with Crippen molar-refractivity contribution in [1.29, 1.82) is 0 Å². The fourth-order valence-electron chi connectivity index (χ4n) is 4.51. The van der Waals surface area contributed by atoms with E-state index in [9.17, 15) is 9.59 Å². The van der Waals surface area contributed by atoms with Crippen LogP contribution in [-0.2, 0) is 9.59 Å². The number of rotatable bonds is 6. The number of anilines is 3. The maximum absolute atomic E-state index is 13.0. The van der Waals surface area contributed by atoms with Crippen molar-refractivity contribution < 1.29 is 9.59 Å². The minimum absolute atomic E-state index is 0.0999. The first-order valence-electron chi connectivity index (χ1n) is 12.1. The third-order valence-electron chi connectivity index (χ3n) is 6.51. The first-order chi connectivity index (χ1) is 17.9. The SMILES string of the molecule is CN1CCN(CC(=O)Nc2ccc(N/C(=C3\C(=O)Nc4cc(Cl)ccc43)c3ccccc3)cc2Cl)CC1. The summed E-state index contributed by atoms with van der Waals surface area (Å²) < 4.78 is 0. The summed E-state index contributed by atoms with van der Waals surface area (Å²) in [6, 6.07) is 20.3. The number of nitrogens with one attached hydrogen (secondary N) is 3. The van der Waals surface area contributed by atoms with Crippen LogP contribution in [-0.4, -0.2) is 61.4 Å². The van der Waals surface area contributed by atoms with Gasteiger partial charge >= 0.3 is 0 Å². The largest absolute Gasteiger partial charge is 0.354 e. The van der Waals surface area contributed by atoms with Gasteiger partial charge in [0.05, 0.1) is 34.2 Å². The van der Waals surface area contributed by atoms with E-state index in [-0.39, 0.29) is 11.8 Å². The molecule has 3 aromatic rings. The molecule has 0 radical (unpaired) electrons. The number of halogens is 2. The quantitative estimate of drug-likeness (QED) is 0.382. The van der Waals surface area contributed by atoms with E-state index in [0.29, 0.717) is 44.9 Å². The van der Waals surface area contributed by atoms with E-state index in [4.69, 9.17) is 23.2 Å². The zero-order valence-corrected chi connectivity index (χ0v) is 21.9. The Labute approximate surface area is 226 Å². The van der Waals surface area contributed by atoms with Crippen LogP contribution in [0.4, 0.5) is 17.1 Å². The van der Waals surface area contributed by atoms with Gasteiger partial charge in [-0.15, -0.1) is 0 Å². The number of piperazine rings is 1. The molecule has 2 amide bonds. The van der Waals surface area contributed by atoms with Crippen molar-refractivity contribution in [3.05, 3.63) is 87.9 Å². The Bertz CT molecular complexity index is 1370. The van der Waals surface area contributed by atoms with Crippen LogP contribution >= 0.6 is 23.2 Å². The molecule has 190 valence electrons. The van der Waals surface area contributed by atoms with Crippen molar-refractivity contribution in [2.24, 2.45) is 0 Å². The summed E-state index contributed by atoms with van der Waals surface area (Å²) in [6.07, 6.45) is 0. The summed E-state index contributed by atoms with van der Waals surface area (Å²) >= 11 is 12.7. The smallest absolute Gasteiger partial charge is 0.258 e. The zero-order valence-electron chi connectivity index (χ0n) is 20.4. The summed E-state index contributed by atoms with van der Waals surface area (Å²) in [5.41, 5.74) is 4.65. The Hall–Kier alpha value is -3.36. The van der Waals surface area contributed by atoms with Crippen molar-refractivity contribution in [2.75, 3.05) is 55.7 Å². The van der Waals surface area contributed by atoms with Gasteiger partial charge in [-0.1, -0.05) is 59.6 Å². The molecule has 0 unspecified atom stereocenters. The van der Waals surface area contributed by atoms with Crippen LogP contribution in [0.2, 0.25) is 10.0 Å². The second kappa shape index (κ2) is 10.9. The highest BCUT2D eigenvalue weighted by Crippen LogP contribution is 2.39. The molecule has 1 fully saturated rings. The second-order valence-corrected chi connectivity index (χ2v) is 10.1. The predicted molar refractivity (Wildman–Crippen MR) is 151 cm³/mol. The first-order valence-corrected chi connectivity index (χ1v) is 12.8. The van der Waals surface area contributed by atoms with Gasteiger partial charge in [0.25, 0.3) is 5.91 Å². The highest BCUT2D eigenvalue weighted by Gasteiger charge is 2.28. The van der Waals surface area contributed by atoms with Crippen molar-refractivity contribution in [2.45, 2.75) is 0 Å². The molecule has 3 N–H and O–H groups in total. The monoisotopic (exact) mass is 535 g/mol. The van der Waals surface area contributed by atoms with Gasteiger partial charge in [-0.25, -0.2) is 0 Å². The molecule has 2 aliphatic rings. The molecule has 0 aromatic heterocycles. The van der Waals surface area contributed by atoms with E-state index < -0.39 is 0 Å². The fourth-order valence-corrected chi connectivity index (χ4v) is 4.91. The van der Waals surface area contributed by atoms with E-state index in [2.05, 4.69) is 32.8 Å². The number of fused-ring (bicyclic) bond motifs is 1. The van der Waals surface area contributed by atoms with Crippen LogP contribution in [0.25, 0.3) is 11.3 Å². The van der Waals surface area contributed by atoms with E-state index in [0.717, 1.165) is 37.3 Å². The molecule has 0 saturated carbocycles. The van der Waals surface area contributed by atoms with Gasteiger partial charge in [0.15, 0.2) is 0 Å². The van der Waals surface area contributed by atoms with Crippen molar-refractivity contribution in [1.82, 2.24) is 9.80 Å². The third-order valence-corrected chi connectivity index (χ3v) is 7.06. The van der Waals surface area contributed by atoms with Gasteiger partial charge in [-0.2, -0.15) is 0 Å². The second-order valence-electron chi connectivity index (χ2n) is 9.21. The molecule has 0 aliphatic carbocycles. The molecule has 9 heteroatoms. The summed E-state index contributed by atoms with van der Waals surface area (Å²) in [6.45, 7) is 3.94. The minimum Gasteiger partial charge on any atom is -0.354 e. The third kappa shape index (κ3) is 5.81. The van der Waals surface area contributed by atoms with Crippen molar-refractivity contribution in [3.63, 3.8) is 0 Å². The number of carbonyl (C=O) groups is 2. The average Bonchev–Trinajstić information content (AvgIpc) is 3.20. The zero-order chi connectivity index (χ0) is 25.9. The molecule has 2 aliphatic heterocycles. The van der Waals surface area contributed by atoms with Gasteiger partial charge in [0.2, 0.25) is 5.91 Å². The molecule has 0 bridgehead atoms. The van der Waals surface area contributed by atoms with Gasteiger partial charge in [0, 0.05) is 42.5 Å². The fraction of sp³-hybridized carbons (Fsp3) is 0.214. The molecule has 5 rings (SSSR count). The molecule has 37 heavy (non-hydrogen) atoms. The summed E-state index contributed by atoms with van der Waals surface area (Å²) in [4.78, 5) is 30.0. The van der Waals surface area contributed by atoms with Gasteiger partial charge in [0.1, 0.15) is 0 Å². The van der Waals surface area contributed by atoms with Crippen molar-refractivity contribution in [3.8, 4) is 0 Å². The van der Waals surface area contributed by atoms with Crippen LogP contribution in [0.1, 0.15) is 11.1 Å². The van der Waals surface area contributed by atoms with E-state index in [1.54, 1.807) is 24.3 Å². The topological polar surface area (TPSA) is 76.7 Å². The minimum atomic E-state index is -0.220. The molecular weight excluding hydrogens is 509 g/mol. The number of likely N-dealkylation sites (N-methyl/N-ethyl adjacent to an activating group) is 1. The highest BCUT2D eigenvalue weighted by molar-refractivity contribution is 6.39. The van der Waals surface area contributed by atoms with E-state index >= 15 is 0 Å². The number of carbonyl (C=O) groups excluding carboxylic acids is 2. The number of hydrogen-bond donors (Lipinski definition) is 3. The predicted octanol–water partition coefficient (Wildman–Crippen LogP) is 5.11. The Balaban J connectivity index is 1.39. The lowest BCUT2D eigenvalue weighted by Crippen LogP contribution is -2.47. The average molecular weight is 536 g/mol. The summed E-state index contributed by atoms with van der Waals surface area (Å²) in [5.74, 6) is -0.320. The van der Waals surface area contributed by atoms with Crippen LogP contribution in [0.3, 0.4) is 0 Å². The number of benzene rings is 3. The maximum Gasteiger partial charge on any atom is 0.258 e. The van der Waals surface area contributed by atoms with Crippen LogP contribution < -0.4 is 16.0 Å². The van der Waals surface area contributed by atoms with Crippen LogP contribution in [0.15, 0.2) is 66.7 Å². The highest BCUT2D eigenvalue weighted by atomic mass is 35.5. The lowest BCUT2D eigenvalue weighted by Gasteiger charge is -2.31. The molecule has 2 heterocycles. The van der Waals surface area contributed by atoms with Gasteiger partial charge < -0.3 is 20.9 Å². The number of hydrogen-bond acceptors (Lipinski definition) is 5. The summed E-state index contributed by atoms with van der Waals surface area (Å²) in [7, 11) is 2.08. The molecule has 7 nitrogen and oxygen atoms in total. The Morgan fingerprint density at radius 3 is 2.43 bits per heavy atom. The standard InChI is InChI=1S/C28H27Cl2N5O2/c1-34-11-13-35(14-12-34)17-25(36)32-23-10-8-20(16-22(23)30)31-27(18-5-3-2-4-6-18)26-21-9-7-19(29)15-24(21)33-28(26)37/h2-10,15-16,31H,11-14,17H2,1H3,(H,32,36)(H,33,37)/b27-26-.